The summed E-state index contributed by atoms with van der Waals surface area (Å²) < 4.78 is 1.42. The van der Waals surface area contributed by atoms with Crippen LogP contribution in [0.1, 0.15) is 22.3 Å². The van der Waals surface area contributed by atoms with Crippen LogP contribution in [-0.4, -0.2) is 3.21 Å². The molecular weight excluding hydrogens is 499 g/mol. The minimum Gasteiger partial charge on any atom is -0.214 e. The Morgan fingerprint density at radius 2 is 1.18 bits per heavy atom. The van der Waals surface area contributed by atoms with Crippen molar-refractivity contribution in [2.24, 2.45) is 0 Å². The quantitative estimate of drug-likeness (QED) is 0.298. The van der Waals surface area contributed by atoms with Crippen molar-refractivity contribution in [3.63, 3.8) is 0 Å². The van der Waals surface area contributed by atoms with Crippen LogP contribution in [0.4, 0.5) is 0 Å². The van der Waals surface area contributed by atoms with Crippen LogP contribution in [0.3, 0.4) is 0 Å². The van der Waals surface area contributed by atoms with Crippen molar-refractivity contribution in [3.05, 3.63) is 162 Å². The molecular formula is C31H24ClZr-3. The maximum atomic E-state index is 3.30. The van der Waals surface area contributed by atoms with Crippen molar-refractivity contribution in [3.8, 4) is 11.1 Å². The monoisotopic (exact) mass is 521 g/mol. The van der Waals surface area contributed by atoms with Crippen molar-refractivity contribution in [1.82, 2.24) is 0 Å². The number of benzene rings is 4. The van der Waals surface area contributed by atoms with E-state index in [0.717, 1.165) is 6.42 Å². The van der Waals surface area contributed by atoms with Gasteiger partial charge in [-0.25, -0.2) is 12.1 Å². The van der Waals surface area contributed by atoms with Crippen LogP contribution in [0.5, 0.6) is 0 Å². The molecule has 0 aromatic heterocycles. The molecule has 2 heteroatoms. The van der Waals surface area contributed by atoms with Gasteiger partial charge in [0.2, 0.25) is 0 Å². The molecule has 0 heterocycles. The Labute approximate surface area is 218 Å². The summed E-state index contributed by atoms with van der Waals surface area (Å²) >= 11 is 1.46. The normalized spacial score (nSPS) is 10.2. The van der Waals surface area contributed by atoms with Gasteiger partial charge >= 0.3 is 99.2 Å². The van der Waals surface area contributed by atoms with Gasteiger partial charge in [-0.2, -0.15) is 48.0 Å². The Hall–Kier alpha value is -2.73. The number of hydrogen-bond acceptors (Lipinski definition) is 0. The maximum Gasteiger partial charge on any atom is -0.0253 e. The Kier molecular flexibility index (Phi) is 9.88. The minimum atomic E-state index is 0. The van der Waals surface area contributed by atoms with Crippen LogP contribution in [0.25, 0.3) is 11.1 Å². The largest absolute Gasteiger partial charge is 0.214 e. The van der Waals surface area contributed by atoms with Gasteiger partial charge in [-0.15, -0.1) is 5.56 Å². The van der Waals surface area contributed by atoms with E-state index in [1.54, 1.807) is 0 Å². The molecule has 0 amide bonds. The van der Waals surface area contributed by atoms with E-state index in [9.17, 15) is 0 Å². The van der Waals surface area contributed by atoms with E-state index in [1.165, 1.54) is 60.8 Å². The van der Waals surface area contributed by atoms with Gasteiger partial charge in [0.15, 0.2) is 0 Å². The fourth-order valence-electron chi connectivity index (χ4n) is 3.69. The van der Waals surface area contributed by atoms with E-state index in [0.29, 0.717) is 0 Å². The molecule has 0 spiro atoms. The summed E-state index contributed by atoms with van der Waals surface area (Å²) in [4.78, 5) is 0. The molecule has 0 nitrogen and oxygen atoms in total. The summed E-state index contributed by atoms with van der Waals surface area (Å²) in [5.41, 5.74) is 8.17. The Balaban J connectivity index is 0.000000150. The van der Waals surface area contributed by atoms with Crippen LogP contribution >= 0.6 is 0 Å². The van der Waals surface area contributed by atoms with Gasteiger partial charge in [0.25, 0.3) is 0 Å². The molecule has 0 radical (unpaired) electrons. The predicted octanol–water partition coefficient (Wildman–Crippen LogP) is 4.27. The predicted molar refractivity (Wildman–Crippen MR) is 132 cm³/mol. The molecule has 5 aromatic carbocycles. The molecule has 6 rings (SSSR count). The van der Waals surface area contributed by atoms with Crippen molar-refractivity contribution in [1.29, 1.82) is 0 Å². The van der Waals surface area contributed by atoms with E-state index in [1.807, 2.05) is 36.4 Å². The molecule has 0 bridgehead atoms. The minimum absolute atomic E-state index is 0. The first-order chi connectivity index (χ1) is 15.8. The molecule has 0 saturated carbocycles. The summed E-state index contributed by atoms with van der Waals surface area (Å²) in [5, 5.41) is 0. The van der Waals surface area contributed by atoms with E-state index >= 15 is 0 Å². The summed E-state index contributed by atoms with van der Waals surface area (Å²) in [6.07, 6.45) is 1.05. The molecule has 0 aliphatic heterocycles. The van der Waals surface area contributed by atoms with Crippen LogP contribution in [0.15, 0.2) is 133 Å². The van der Waals surface area contributed by atoms with Crippen molar-refractivity contribution >= 4 is 3.21 Å². The average Bonchev–Trinajstić information content (AvgIpc) is 3.57. The summed E-state index contributed by atoms with van der Waals surface area (Å²) in [7, 11) is 0. The van der Waals surface area contributed by atoms with Crippen molar-refractivity contribution in [2.45, 2.75) is 6.42 Å². The molecule has 5 aromatic rings. The third-order valence-corrected chi connectivity index (χ3v) is 6.72. The fourth-order valence-corrected chi connectivity index (χ4v) is 4.51. The number of rotatable bonds is 2. The van der Waals surface area contributed by atoms with Gasteiger partial charge in [-0.1, -0.05) is 35.4 Å². The first kappa shape index (κ1) is 24.9. The van der Waals surface area contributed by atoms with Crippen LogP contribution in [-0.2, 0) is 30.7 Å². The molecule has 0 N–H and O–H groups in total. The molecule has 0 atom stereocenters. The third kappa shape index (κ3) is 6.88. The second-order valence-corrected chi connectivity index (χ2v) is 8.69. The average molecular weight is 523 g/mol. The number of fused-ring (bicyclic) bond motifs is 3. The van der Waals surface area contributed by atoms with Gasteiger partial charge < -0.3 is 12.4 Å². The van der Waals surface area contributed by atoms with Gasteiger partial charge in [0.05, 0.1) is 0 Å². The third-order valence-electron chi connectivity index (χ3n) is 5.30. The zero-order chi connectivity index (χ0) is 22.0. The van der Waals surface area contributed by atoms with Crippen LogP contribution in [0, 0.1) is 6.07 Å². The number of halogens is 1. The molecule has 1 aliphatic carbocycles. The Morgan fingerprint density at radius 1 is 0.636 bits per heavy atom. The topological polar surface area (TPSA) is 0 Å². The summed E-state index contributed by atoms with van der Waals surface area (Å²) in [5.74, 6) is 0. The van der Waals surface area contributed by atoms with E-state index in [-0.39, 0.29) is 12.4 Å². The first-order valence-corrected chi connectivity index (χ1v) is 12.0. The Bertz CT molecular complexity index is 1140. The summed E-state index contributed by atoms with van der Waals surface area (Å²) in [6.45, 7) is 0. The zero-order valence-electron chi connectivity index (χ0n) is 18.3. The molecule has 1 aliphatic rings. The second-order valence-electron chi connectivity index (χ2n) is 7.47. The van der Waals surface area contributed by atoms with Gasteiger partial charge in [-0.3, -0.25) is 0 Å². The van der Waals surface area contributed by atoms with E-state index < -0.39 is 0 Å². The van der Waals surface area contributed by atoms with Crippen LogP contribution in [0.2, 0.25) is 0 Å². The standard InChI is InChI=1S/C13H9.C13H10.C5H5.ClH.Zr/c1-3-7-12-10(5-1)9-11-6-2-4-8-13(11)12;1-3-7-12(8-4-1)11-13-9-5-2-6-10-13;1-2-4-5-3-1;;/h1-5,7-8H,9H2;1-10H;1-5H;1H;/q-1;;-1;;/p-1. The van der Waals surface area contributed by atoms with Crippen molar-refractivity contribution < 1.29 is 36.6 Å². The maximum absolute atomic E-state index is 3.30. The molecule has 0 saturated heterocycles. The fraction of sp³-hybridized carbons (Fsp3) is 0.0323. The molecule has 33 heavy (non-hydrogen) atoms. The van der Waals surface area contributed by atoms with E-state index in [2.05, 4.69) is 103 Å². The van der Waals surface area contributed by atoms with Crippen molar-refractivity contribution in [2.75, 3.05) is 0 Å². The first-order valence-electron chi connectivity index (χ1n) is 10.8. The van der Waals surface area contributed by atoms with E-state index in [4.69, 9.17) is 0 Å². The van der Waals surface area contributed by atoms with Gasteiger partial charge in [0.1, 0.15) is 0 Å². The summed E-state index contributed by atoms with van der Waals surface area (Å²) in [6, 6.07) is 49.2. The molecule has 0 fully saturated rings. The van der Waals surface area contributed by atoms with Gasteiger partial charge in [-0.05, 0) is 6.42 Å². The smallest absolute Gasteiger partial charge is 0.0253 e. The van der Waals surface area contributed by atoms with Gasteiger partial charge in [0, 0.05) is 0 Å². The van der Waals surface area contributed by atoms with Crippen LogP contribution < -0.4 is 12.4 Å². The molecule has 0 unspecified atom stereocenters. The Morgan fingerprint density at radius 3 is 1.76 bits per heavy atom. The number of hydrogen-bond donors (Lipinski definition) is 0. The SMILES string of the molecule is [Cl-].[Zr]=[C](c1ccccc1)c1ccccc1.[c-]1cccc2c1Cc1ccccc1-2.c1cc[cH-]c1. The molecule has 162 valence electrons. The zero-order valence-corrected chi connectivity index (χ0v) is 21.5. The second kappa shape index (κ2) is 13.1.